The Morgan fingerprint density at radius 1 is 1.43 bits per heavy atom. The van der Waals surface area contributed by atoms with Gasteiger partial charge in [-0.2, -0.15) is 13.2 Å². The Kier molecular flexibility index (Phi) is 8.78. The molecule has 1 amide bonds. The number of aromatic nitrogens is 1. The van der Waals surface area contributed by atoms with E-state index in [-0.39, 0.29) is 36.6 Å². The van der Waals surface area contributed by atoms with Crippen LogP contribution in [0, 0.1) is 0 Å². The molecule has 2 rings (SSSR count). The number of halogens is 4. The first-order valence-electron chi connectivity index (χ1n) is 8.44. The number of rotatable bonds is 3. The van der Waals surface area contributed by atoms with E-state index in [0.717, 1.165) is 23.1 Å². The van der Waals surface area contributed by atoms with E-state index >= 15 is 0 Å². The van der Waals surface area contributed by atoms with E-state index in [0.29, 0.717) is 24.1 Å². The van der Waals surface area contributed by atoms with Crippen molar-refractivity contribution in [1.82, 2.24) is 20.5 Å². The van der Waals surface area contributed by atoms with Crippen LogP contribution in [-0.4, -0.2) is 53.7 Å². The molecule has 0 aliphatic carbocycles. The monoisotopic (exact) mass is 535 g/mol. The number of guanidine groups is 1. The second-order valence-electron chi connectivity index (χ2n) is 7.10. The Balaban J connectivity index is 0.00000392. The second kappa shape index (κ2) is 9.94. The molecule has 0 aromatic carbocycles. The molecular formula is C16H25F3IN5O2S. The van der Waals surface area contributed by atoms with Crippen molar-refractivity contribution >= 4 is 47.4 Å². The van der Waals surface area contributed by atoms with Crippen LogP contribution in [0.15, 0.2) is 10.4 Å². The Labute approximate surface area is 183 Å². The number of alkyl halides is 3. The van der Waals surface area contributed by atoms with Crippen molar-refractivity contribution in [2.75, 3.05) is 20.1 Å². The maximum atomic E-state index is 12.6. The van der Waals surface area contributed by atoms with Gasteiger partial charge in [0, 0.05) is 25.5 Å². The molecule has 0 bridgehead atoms. The Morgan fingerprint density at radius 2 is 2.11 bits per heavy atom. The summed E-state index contributed by atoms with van der Waals surface area (Å²) in [6.07, 6.45) is -4.19. The zero-order valence-electron chi connectivity index (χ0n) is 16.1. The van der Waals surface area contributed by atoms with Gasteiger partial charge in [-0.05, 0) is 27.2 Å². The van der Waals surface area contributed by atoms with Crippen LogP contribution in [-0.2, 0) is 17.5 Å². The highest BCUT2D eigenvalue weighted by atomic mass is 127. The number of likely N-dealkylation sites (tertiary alicyclic amines) is 1. The lowest BCUT2D eigenvalue weighted by Gasteiger charge is -2.23. The van der Waals surface area contributed by atoms with E-state index in [4.69, 9.17) is 4.74 Å². The van der Waals surface area contributed by atoms with Crippen LogP contribution in [0.3, 0.4) is 0 Å². The highest BCUT2D eigenvalue weighted by molar-refractivity contribution is 14.0. The van der Waals surface area contributed by atoms with Gasteiger partial charge in [0.25, 0.3) is 0 Å². The van der Waals surface area contributed by atoms with Crippen LogP contribution in [0.4, 0.5) is 18.0 Å². The highest BCUT2D eigenvalue weighted by Gasteiger charge is 2.34. The first-order chi connectivity index (χ1) is 12.5. The molecule has 1 aromatic rings. The highest BCUT2D eigenvalue weighted by Crippen LogP contribution is 2.29. The molecule has 0 radical (unpaired) electrons. The summed E-state index contributed by atoms with van der Waals surface area (Å²) in [7, 11) is 1.60. The molecule has 2 N–H and O–H groups in total. The first kappa shape index (κ1) is 24.7. The summed E-state index contributed by atoms with van der Waals surface area (Å²) in [4.78, 5) is 21.5. The van der Waals surface area contributed by atoms with Crippen molar-refractivity contribution in [2.45, 2.75) is 51.6 Å². The van der Waals surface area contributed by atoms with Gasteiger partial charge in [0.05, 0.1) is 12.6 Å². The number of nitrogens with one attached hydrogen (secondary N) is 2. The SMILES string of the molecule is CN=C(NCc1nc(C(F)(F)F)cs1)N1CCC(NC(=O)OC(C)(C)C)C1.I. The number of carbonyl (C=O) groups excluding carboxylic acids is 1. The quantitative estimate of drug-likeness (QED) is 0.352. The Hall–Kier alpha value is -1.31. The number of ether oxygens (including phenoxy) is 1. The van der Waals surface area contributed by atoms with Crippen LogP contribution >= 0.6 is 35.3 Å². The molecule has 28 heavy (non-hydrogen) atoms. The number of amides is 1. The zero-order valence-corrected chi connectivity index (χ0v) is 19.2. The molecule has 1 unspecified atom stereocenters. The molecule has 7 nitrogen and oxygen atoms in total. The Morgan fingerprint density at radius 3 is 2.64 bits per heavy atom. The van der Waals surface area contributed by atoms with E-state index in [9.17, 15) is 18.0 Å². The second-order valence-corrected chi connectivity index (χ2v) is 8.05. The van der Waals surface area contributed by atoms with Crippen molar-refractivity contribution in [1.29, 1.82) is 0 Å². The van der Waals surface area contributed by atoms with Crippen LogP contribution in [0.2, 0.25) is 0 Å². The summed E-state index contributed by atoms with van der Waals surface area (Å²) in [5, 5.41) is 7.16. The van der Waals surface area contributed by atoms with Crippen LogP contribution in [0.25, 0.3) is 0 Å². The molecule has 0 saturated carbocycles. The lowest BCUT2D eigenvalue weighted by molar-refractivity contribution is -0.140. The average Bonchev–Trinajstić information content (AvgIpc) is 3.15. The molecule has 1 aromatic heterocycles. The molecule has 0 spiro atoms. The average molecular weight is 535 g/mol. The van der Waals surface area contributed by atoms with E-state index in [1.165, 1.54) is 0 Å². The van der Waals surface area contributed by atoms with Gasteiger partial charge in [-0.1, -0.05) is 0 Å². The van der Waals surface area contributed by atoms with Crippen LogP contribution < -0.4 is 10.6 Å². The number of carbonyl (C=O) groups is 1. The van der Waals surface area contributed by atoms with Crippen molar-refractivity contribution in [3.8, 4) is 0 Å². The third-order valence-corrected chi connectivity index (χ3v) is 4.51. The molecule has 1 saturated heterocycles. The fraction of sp³-hybridized carbons (Fsp3) is 0.688. The molecule has 12 heteroatoms. The minimum absolute atomic E-state index is 0. The third-order valence-electron chi connectivity index (χ3n) is 3.66. The molecular weight excluding hydrogens is 510 g/mol. The Bertz CT molecular complexity index is 691. The van der Waals surface area contributed by atoms with E-state index in [2.05, 4.69) is 20.6 Å². The van der Waals surface area contributed by atoms with Gasteiger partial charge >= 0.3 is 12.3 Å². The summed E-state index contributed by atoms with van der Waals surface area (Å²) in [6, 6.07) is -0.0879. The fourth-order valence-electron chi connectivity index (χ4n) is 2.55. The molecule has 160 valence electrons. The predicted molar refractivity (Wildman–Crippen MR) is 112 cm³/mol. The van der Waals surface area contributed by atoms with E-state index < -0.39 is 23.6 Å². The van der Waals surface area contributed by atoms with Gasteiger partial charge in [0.1, 0.15) is 10.6 Å². The zero-order chi connectivity index (χ0) is 20.2. The maximum absolute atomic E-state index is 12.6. The number of hydrogen-bond acceptors (Lipinski definition) is 5. The van der Waals surface area contributed by atoms with E-state index in [1.807, 2.05) is 4.90 Å². The van der Waals surface area contributed by atoms with Gasteiger partial charge < -0.3 is 20.3 Å². The van der Waals surface area contributed by atoms with Crippen molar-refractivity contribution < 1.29 is 22.7 Å². The normalized spacial score (nSPS) is 17.9. The molecule has 1 fully saturated rings. The lowest BCUT2D eigenvalue weighted by atomic mass is 10.2. The summed E-state index contributed by atoms with van der Waals surface area (Å²) in [5.74, 6) is 0.548. The standard InChI is InChI=1S/C16H24F3N5O2S.HI/c1-15(2,3)26-14(25)22-10-5-6-24(8-10)13(20-4)21-7-12-23-11(9-27-12)16(17,18)19;/h9-10H,5-8H2,1-4H3,(H,20,21)(H,22,25);1H. The van der Waals surface area contributed by atoms with Gasteiger partial charge in [0.2, 0.25) is 0 Å². The van der Waals surface area contributed by atoms with Gasteiger partial charge in [-0.3, -0.25) is 4.99 Å². The first-order valence-corrected chi connectivity index (χ1v) is 9.32. The maximum Gasteiger partial charge on any atom is 0.434 e. The molecule has 1 atom stereocenters. The summed E-state index contributed by atoms with van der Waals surface area (Å²) in [6.45, 7) is 6.72. The van der Waals surface area contributed by atoms with Crippen molar-refractivity contribution in [3.05, 3.63) is 16.1 Å². The molecule has 1 aliphatic heterocycles. The minimum atomic E-state index is -4.44. The van der Waals surface area contributed by atoms with Gasteiger partial charge in [-0.15, -0.1) is 35.3 Å². The molecule has 1 aliphatic rings. The number of hydrogen-bond donors (Lipinski definition) is 2. The lowest BCUT2D eigenvalue weighted by Crippen LogP contribution is -2.44. The third kappa shape index (κ3) is 7.60. The topological polar surface area (TPSA) is 78.9 Å². The number of aliphatic imine (C=N–C) groups is 1. The van der Waals surface area contributed by atoms with Crippen LogP contribution in [0.1, 0.15) is 37.9 Å². The van der Waals surface area contributed by atoms with Crippen LogP contribution in [0.5, 0.6) is 0 Å². The summed E-state index contributed by atoms with van der Waals surface area (Å²) in [5.41, 5.74) is -1.45. The summed E-state index contributed by atoms with van der Waals surface area (Å²) >= 11 is 0.945. The fourth-order valence-corrected chi connectivity index (χ4v) is 3.29. The summed E-state index contributed by atoms with van der Waals surface area (Å²) < 4.78 is 43.1. The molecule has 2 heterocycles. The van der Waals surface area contributed by atoms with Crippen molar-refractivity contribution in [2.24, 2.45) is 4.99 Å². The largest absolute Gasteiger partial charge is 0.444 e. The number of nitrogens with zero attached hydrogens (tertiary/aromatic N) is 3. The minimum Gasteiger partial charge on any atom is -0.444 e. The van der Waals surface area contributed by atoms with Crippen molar-refractivity contribution in [3.63, 3.8) is 0 Å². The van der Waals surface area contributed by atoms with Gasteiger partial charge in [-0.25, -0.2) is 9.78 Å². The number of alkyl carbamates (subject to hydrolysis) is 1. The smallest absolute Gasteiger partial charge is 0.434 e. The van der Waals surface area contributed by atoms with Gasteiger partial charge in [0.15, 0.2) is 11.7 Å². The number of thiazole rings is 1. The van der Waals surface area contributed by atoms with E-state index in [1.54, 1.807) is 27.8 Å². The predicted octanol–water partition coefficient (Wildman–Crippen LogP) is 3.45.